The van der Waals surface area contributed by atoms with E-state index in [1.54, 1.807) is 13.8 Å². The van der Waals surface area contributed by atoms with Gasteiger partial charge < -0.3 is 5.11 Å². The lowest BCUT2D eigenvalue weighted by Gasteiger charge is -2.17. The minimum absolute atomic E-state index is 0.166. The molecule has 0 aromatic heterocycles. The lowest BCUT2D eigenvalue weighted by atomic mass is 9.93. The van der Waals surface area contributed by atoms with Gasteiger partial charge in [-0.15, -0.1) is 0 Å². The smallest absolute Gasteiger partial charge is 0.321 e. The Morgan fingerprint density at radius 3 is 2.47 bits per heavy atom. The van der Waals surface area contributed by atoms with E-state index in [4.69, 9.17) is 10.4 Å². The van der Waals surface area contributed by atoms with Crippen molar-refractivity contribution in [3.63, 3.8) is 0 Å². The van der Waals surface area contributed by atoms with Crippen LogP contribution in [0.25, 0.3) is 0 Å². The van der Waals surface area contributed by atoms with Crippen LogP contribution in [0.1, 0.15) is 46.5 Å². The van der Waals surface area contributed by atoms with Crippen molar-refractivity contribution in [3.8, 4) is 6.07 Å². The van der Waals surface area contributed by atoms with Crippen molar-refractivity contribution >= 4 is 16.0 Å². The summed E-state index contributed by atoms with van der Waals surface area (Å²) in [5.41, 5.74) is -0.739. The molecule has 0 rings (SSSR count). The second-order valence-corrected chi connectivity index (χ2v) is 7.09. The number of nitrogens with zero attached hydrogens (tertiary/aromatic N) is 1. The second kappa shape index (κ2) is 7.46. The molecule has 0 amide bonds. The first kappa shape index (κ1) is 17.9. The molecule has 0 spiro atoms. The van der Waals surface area contributed by atoms with Gasteiger partial charge in [-0.2, -0.15) is 5.26 Å². The number of hydrogen-bond acceptors (Lipinski definition) is 4. The number of nitriles is 1. The van der Waals surface area contributed by atoms with E-state index in [1.165, 1.54) is 0 Å². The van der Waals surface area contributed by atoms with Gasteiger partial charge in [-0.3, -0.25) is 4.79 Å². The predicted octanol–water partition coefficient (Wildman–Crippen LogP) is 1.49. The molecule has 6 nitrogen and oxygen atoms in total. The molecule has 0 aliphatic heterocycles. The Morgan fingerprint density at radius 1 is 1.47 bits per heavy atom. The molecule has 110 valence electrons. The average molecular weight is 290 g/mol. The number of nitrogens with one attached hydrogen (secondary N) is 1. The SMILES string of the molecule is CCCC[C@H](NS(=O)(=O)CCC(C)(C)C#N)C(=O)O. The van der Waals surface area contributed by atoms with E-state index in [-0.39, 0.29) is 18.6 Å². The van der Waals surface area contributed by atoms with E-state index in [9.17, 15) is 13.2 Å². The second-order valence-electron chi connectivity index (χ2n) is 5.22. The molecular formula is C12H22N2O4S. The molecule has 0 aliphatic rings. The molecule has 0 aromatic rings. The van der Waals surface area contributed by atoms with Crippen LogP contribution >= 0.6 is 0 Å². The molecule has 0 bridgehead atoms. The number of unbranched alkanes of at least 4 members (excludes halogenated alkanes) is 1. The Kier molecular flexibility index (Phi) is 7.01. The van der Waals surface area contributed by atoms with Gasteiger partial charge in [-0.1, -0.05) is 19.8 Å². The normalized spacial score (nSPS) is 13.8. The third-order valence-electron chi connectivity index (χ3n) is 2.76. The molecule has 0 saturated carbocycles. The zero-order valence-corrected chi connectivity index (χ0v) is 12.5. The fraction of sp³-hybridized carbons (Fsp3) is 0.833. The number of carboxylic acid groups (broad SMARTS) is 1. The van der Waals surface area contributed by atoms with Gasteiger partial charge in [0.05, 0.1) is 17.2 Å². The minimum atomic E-state index is -3.68. The van der Waals surface area contributed by atoms with Crippen LogP contribution < -0.4 is 4.72 Å². The maximum Gasteiger partial charge on any atom is 0.321 e. The van der Waals surface area contributed by atoms with Crippen LogP contribution in [0.2, 0.25) is 0 Å². The van der Waals surface area contributed by atoms with Crippen molar-refractivity contribution in [2.24, 2.45) is 5.41 Å². The van der Waals surface area contributed by atoms with Gasteiger partial charge in [-0.25, -0.2) is 13.1 Å². The van der Waals surface area contributed by atoms with Gasteiger partial charge in [-0.05, 0) is 26.7 Å². The summed E-state index contributed by atoms with van der Waals surface area (Å²) in [6.45, 7) is 5.20. The Bertz CT molecular complexity index is 437. The minimum Gasteiger partial charge on any atom is -0.480 e. The van der Waals surface area contributed by atoms with Crippen LogP contribution in [0.15, 0.2) is 0 Å². The Hall–Kier alpha value is -1.13. The van der Waals surface area contributed by atoms with E-state index >= 15 is 0 Å². The number of hydrogen-bond donors (Lipinski definition) is 2. The Morgan fingerprint density at radius 2 is 2.05 bits per heavy atom. The average Bonchev–Trinajstić information content (AvgIpc) is 2.32. The summed E-state index contributed by atoms with van der Waals surface area (Å²) < 4.78 is 25.8. The third-order valence-corrected chi connectivity index (χ3v) is 4.15. The van der Waals surface area contributed by atoms with Gasteiger partial charge in [0.2, 0.25) is 10.0 Å². The zero-order valence-electron chi connectivity index (χ0n) is 11.6. The highest BCUT2D eigenvalue weighted by atomic mass is 32.2. The highest BCUT2D eigenvalue weighted by Gasteiger charge is 2.26. The molecule has 0 fully saturated rings. The number of carbonyl (C=O) groups is 1. The summed E-state index contributed by atoms with van der Waals surface area (Å²) >= 11 is 0. The first-order chi connectivity index (χ1) is 8.63. The molecule has 0 unspecified atom stereocenters. The summed E-state index contributed by atoms with van der Waals surface area (Å²) in [6.07, 6.45) is 1.88. The van der Waals surface area contributed by atoms with E-state index in [1.807, 2.05) is 13.0 Å². The molecule has 0 aliphatic carbocycles. The Labute approximate surface area is 114 Å². The lowest BCUT2D eigenvalue weighted by Crippen LogP contribution is -2.42. The summed E-state index contributed by atoms with van der Waals surface area (Å²) in [6, 6.07) is 0.928. The zero-order chi connectivity index (χ0) is 15.1. The summed E-state index contributed by atoms with van der Waals surface area (Å²) in [5.74, 6) is -1.42. The fourth-order valence-corrected chi connectivity index (χ4v) is 2.91. The maximum absolute atomic E-state index is 11.8. The van der Waals surface area contributed by atoms with Gasteiger partial charge in [0.1, 0.15) is 6.04 Å². The molecule has 0 radical (unpaired) electrons. The monoisotopic (exact) mass is 290 g/mol. The maximum atomic E-state index is 11.8. The van der Waals surface area contributed by atoms with Gasteiger partial charge in [0.25, 0.3) is 0 Å². The van der Waals surface area contributed by atoms with Crippen LogP contribution in [0.5, 0.6) is 0 Å². The molecule has 0 aromatic carbocycles. The van der Waals surface area contributed by atoms with Crippen molar-refractivity contribution in [3.05, 3.63) is 0 Å². The topological polar surface area (TPSA) is 107 Å². The van der Waals surface area contributed by atoms with Crippen LogP contribution in [0.4, 0.5) is 0 Å². The summed E-state index contributed by atoms with van der Waals surface area (Å²) in [7, 11) is -3.68. The quantitative estimate of drug-likeness (QED) is 0.669. The number of carboxylic acids is 1. The number of aliphatic carboxylic acids is 1. The first-order valence-electron chi connectivity index (χ1n) is 6.27. The van der Waals surface area contributed by atoms with Crippen LogP contribution in [-0.4, -0.2) is 31.3 Å². The first-order valence-corrected chi connectivity index (χ1v) is 7.93. The standard InChI is InChI=1S/C12H22N2O4S/c1-4-5-6-10(11(15)16)14-19(17,18)8-7-12(2,3)9-13/h10,14H,4-8H2,1-3H3,(H,15,16)/t10-/m0/s1. The highest BCUT2D eigenvalue weighted by molar-refractivity contribution is 7.89. The van der Waals surface area contributed by atoms with Crippen molar-refractivity contribution in [2.45, 2.75) is 52.5 Å². The van der Waals surface area contributed by atoms with Crippen molar-refractivity contribution in [1.82, 2.24) is 4.72 Å². The Balaban J connectivity index is 4.57. The molecule has 1 atom stereocenters. The van der Waals surface area contributed by atoms with Crippen molar-refractivity contribution in [1.29, 1.82) is 5.26 Å². The van der Waals surface area contributed by atoms with Crippen molar-refractivity contribution in [2.75, 3.05) is 5.75 Å². The number of sulfonamides is 1. The largest absolute Gasteiger partial charge is 0.480 e. The lowest BCUT2D eigenvalue weighted by molar-refractivity contribution is -0.139. The van der Waals surface area contributed by atoms with Crippen LogP contribution in [0.3, 0.4) is 0 Å². The predicted molar refractivity (Wildman–Crippen MR) is 71.9 cm³/mol. The van der Waals surface area contributed by atoms with Gasteiger partial charge >= 0.3 is 5.97 Å². The van der Waals surface area contributed by atoms with Gasteiger partial charge in [0.15, 0.2) is 0 Å². The van der Waals surface area contributed by atoms with Crippen LogP contribution in [0, 0.1) is 16.7 Å². The molecular weight excluding hydrogens is 268 g/mol. The fourth-order valence-electron chi connectivity index (χ4n) is 1.36. The third kappa shape index (κ3) is 7.80. The molecule has 0 heterocycles. The highest BCUT2D eigenvalue weighted by Crippen LogP contribution is 2.19. The van der Waals surface area contributed by atoms with E-state index in [0.29, 0.717) is 6.42 Å². The van der Waals surface area contributed by atoms with E-state index in [2.05, 4.69) is 4.72 Å². The van der Waals surface area contributed by atoms with Crippen molar-refractivity contribution < 1.29 is 18.3 Å². The van der Waals surface area contributed by atoms with E-state index in [0.717, 1.165) is 6.42 Å². The molecule has 0 saturated heterocycles. The van der Waals surface area contributed by atoms with Crippen LogP contribution in [-0.2, 0) is 14.8 Å². The summed E-state index contributed by atoms with van der Waals surface area (Å²) in [5, 5.41) is 17.8. The number of rotatable bonds is 9. The molecule has 2 N–H and O–H groups in total. The van der Waals surface area contributed by atoms with Gasteiger partial charge in [0, 0.05) is 0 Å². The summed E-state index contributed by atoms with van der Waals surface area (Å²) in [4.78, 5) is 11.0. The van der Waals surface area contributed by atoms with E-state index < -0.39 is 27.4 Å². The molecule has 7 heteroatoms. The molecule has 19 heavy (non-hydrogen) atoms.